The predicted molar refractivity (Wildman–Crippen MR) is 111 cm³/mol. The van der Waals surface area contributed by atoms with Crippen molar-refractivity contribution in [1.29, 1.82) is 0 Å². The molecular formula is C21H27F3N4O3. The van der Waals surface area contributed by atoms with E-state index in [1.807, 2.05) is 13.8 Å². The lowest BCUT2D eigenvalue weighted by atomic mass is 10.1. The van der Waals surface area contributed by atoms with Crippen LogP contribution >= 0.6 is 0 Å². The Morgan fingerprint density at radius 1 is 1.23 bits per heavy atom. The van der Waals surface area contributed by atoms with Crippen molar-refractivity contribution in [1.82, 2.24) is 15.3 Å². The number of rotatable bonds is 7. The summed E-state index contributed by atoms with van der Waals surface area (Å²) in [5, 5.41) is 5.70. The molecule has 0 aliphatic rings. The third kappa shape index (κ3) is 9.45. The van der Waals surface area contributed by atoms with Crippen LogP contribution in [0.15, 0.2) is 30.5 Å². The number of nitrogens with one attached hydrogen (secondary N) is 2. The van der Waals surface area contributed by atoms with Gasteiger partial charge in [0.1, 0.15) is 23.5 Å². The molecule has 0 aromatic carbocycles. The van der Waals surface area contributed by atoms with Gasteiger partial charge in [-0.05, 0) is 43.7 Å². The molecule has 0 radical (unpaired) electrons. The molecule has 0 spiro atoms. The molecular weight excluding hydrogens is 413 g/mol. The molecule has 2 aromatic heterocycles. The number of aromatic nitrogens is 2. The third-order valence-electron chi connectivity index (χ3n) is 3.82. The topological polar surface area (TPSA) is 93.2 Å². The van der Waals surface area contributed by atoms with Gasteiger partial charge in [-0.2, -0.15) is 13.2 Å². The molecule has 1 unspecified atom stereocenters. The second kappa shape index (κ2) is 11.9. The van der Waals surface area contributed by atoms with E-state index in [0.29, 0.717) is 5.82 Å². The molecule has 2 N–H and O–H groups in total. The fraction of sp³-hybridized carbons (Fsp3) is 0.429. The van der Waals surface area contributed by atoms with Gasteiger partial charge < -0.3 is 20.2 Å². The Balaban J connectivity index is 0.000000861. The van der Waals surface area contributed by atoms with Crippen LogP contribution in [0, 0.1) is 12.8 Å². The van der Waals surface area contributed by atoms with Crippen LogP contribution in [-0.2, 0) is 4.79 Å². The van der Waals surface area contributed by atoms with Gasteiger partial charge in [0.15, 0.2) is 6.61 Å². The van der Waals surface area contributed by atoms with Crippen LogP contribution in [0.4, 0.5) is 19.0 Å². The summed E-state index contributed by atoms with van der Waals surface area (Å²) < 4.78 is 41.3. The molecule has 7 nitrogen and oxygen atoms in total. The lowest BCUT2D eigenvalue weighted by Crippen LogP contribution is -2.27. The van der Waals surface area contributed by atoms with Crippen molar-refractivity contribution in [3.63, 3.8) is 0 Å². The first-order chi connectivity index (χ1) is 14.5. The van der Waals surface area contributed by atoms with E-state index < -0.39 is 18.7 Å². The Bertz CT molecular complexity index is 873. The van der Waals surface area contributed by atoms with Crippen molar-refractivity contribution in [3.05, 3.63) is 47.4 Å². The Morgan fingerprint density at radius 2 is 1.87 bits per heavy atom. The van der Waals surface area contributed by atoms with Gasteiger partial charge in [-0.1, -0.05) is 13.8 Å². The van der Waals surface area contributed by atoms with E-state index in [1.54, 1.807) is 32.3 Å². The maximum atomic E-state index is 12.3. The number of halogens is 3. The van der Waals surface area contributed by atoms with Crippen molar-refractivity contribution in [3.8, 4) is 5.75 Å². The molecule has 2 rings (SSSR count). The van der Waals surface area contributed by atoms with Gasteiger partial charge in [-0.15, -0.1) is 0 Å². The molecule has 10 heteroatoms. The zero-order chi connectivity index (χ0) is 23.6. The van der Waals surface area contributed by atoms with Crippen LogP contribution < -0.4 is 15.4 Å². The largest absolute Gasteiger partial charge is 0.482 e. The molecule has 0 bridgehead atoms. The van der Waals surface area contributed by atoms with E-state index in [1.165, 1.54) is 19.1 Å². The highest BCUT2D eigenvalue weighted by Crippen LogP contribution is 2.21. The van der Waals surface area contributed by atoms with Crippen LogP contribution in [0.2, 0.25) is 0 Å². The standard InChI is InChI=1S/C17H19F3N4O2.C4H8O/c1-10(12-6-7-22-15(8-12)21-3)24-16(25)13-4-5-14(11(2)23-13)26-9-17(18,19)20;1-4(2)3-5/h4-8,10H,9H2,1-3H3,(H,21,22)(H,24,25);3-4H,1-2H3. The summed E-state index contributed by atoms with van der Waals surface area (Å²) in [6.45, 7) is 5.59. The summed E-state index contributed by atoms with van der Waals surface area (Å²) in [5.74, 6) is 0.421. The quantitative estimate of drug-likeness (QED) is 0.630. The number of carbonyl (C=O) groups excluding carboxylic acids is 2. The number of hydrogen-bond donors (Lipinski definition) is 2. The van der Waals surface area contributed by atoms with Crippen LogP contribution in [0.25, 0.3) is 0 Å². The van der Waals surface area contributed by atoms with Crippen molar-refractivity contribution in [2.24, 2.45) is 5.92 Å². The second-order valence-electron chi connectivity index (χ2n) is 6.98. The number of anilines is 1. The highest BCUT2D eigenvalue weighted by Gasteiger charge is 2.28. The molecule has 0 aliphatic heterocycles. The molecule has 0 saturated heterocycles. The van der Waals surface area contributed by atoms with Crippen LogP contribution in [0.3, 0.4) is 0 Å². The molecule has 2 aromatic rings. The van der Waals surface area contributed by atoms with Gasteiger partial charge >= 0.3 is 6.18 Å². The van der Waals surface area contributed by atoms with Crippen molar-refractivity contribution in [2.45, 2.75) is 39.9 Å². The zero-order valence-corrected chi connectivity index (χ0v) is 18.1. The third-order valence-corrected chi connectivity index (χ3v) is 3.82. The van der Waals surface area contributed by atoms with Gasteiger partial charge in [0.05, 0.1) is 11.7 Å². The van der Waals surface area contributed by atoms with Gasteiger partial charge in [-0.25, -0.2) is 9.97 Å². The minimum Gasteiger partial charge on any atom is -0.482 e. The van der Waals surface area contributed by atoms with E-state index in [9.17, 15) is 22.8 Å². The number of nitrogens with zero attached hydrogens (tertiary/aromatic N) is 2. The smallest absolute Gasteiger partial charge is 0.422 e. The molecule has 1 atom stereocenters. The Kier molecular flexibility index (Phi) is 9.91. The van der Waals surface area contributed by atoms with E-state index in [0.717, 1.165) is 11.8 Å². The number of ether oxygens (including phenoxy) is 1. The Labute approximate surface area is 179 Å². The average molecular weight is 440 g/mol. The summed E-state index contributed by atoms with van der Waals surface area (Å²) >= 11 is 0. The minimum absolute atomic E-state index is 0.0141. The first-order valence-electron chi connectivity index (χ1n) is 9.53. The normalized spacial score (nSPS) is 11.8. The highest BCUT2D eigenvalue weighted by atomic mass is 19.4. The van der Waals surface area contributed by atoms with E-state index in [4.69, 9.17) is 0 Å². The van der Waals surface area contributed by atoms with Crippen molar-refractivity contribution < 1.29 is 27.5 Å². The van der Waals surface area contributed by atoms with Gasteiger partial charge in [0, 0.05) is 19.2 Å². The van der Waals surface area contributed by atoms with E-state index >= 15 is 0 Å². The average Bonchev–Trinajstić information content (AvgIpc) is 2.72. The molecule has 0 saturated carbocycles. The fourth-order valence-corrected chi connectivity index (χ4v) is 2.19. The highest BCUT2D eigenvalue weighted by molar-refractivity contribution is 5.92. The first kappa shape index (κ1) is 25.9. The summed E-state index contributed by atoms with van der Waals surface area (Å²) in [5.41, 5.74) is 1.15. The summed E-state index contributed by atoms with van der Waals surface area (Å²) in [7, 11) is 1.74. The Morgan fingerprint density at radius 3 is 2.39 bits per heavy atom. The number of amides is 1. The summed E-state index contributed by atoms with van der Waals surface area (Å²) in [6.07, 6.45) is -1.90. The molecule has 31 heavy (non-hydrogen) atoms. The van der Waals surface area contributed by atoms with E-state index in [2.05, 4.69) is 25.3 Å². The monoisotopic (exact) mass is 440 g/mol. The lowest BCUT2D eigenvalue weighted by Gasteiger charge is -2.16. The maximum Gasteiger partial charge on any atom is 0.422 e. The van der Waals surface area contributed by atoms with Crippen molar-refractivity contribution >= 4 is 18.0 Å². The zero-order valence-electron chi connectivity index (χ0n) is 18.1. The van der Waals surface area contributed by atoms with Gasteiger partial charge in [0.2, 0.25) is 0 Å². The number of alkyl halides is 3. The van der Waals surface area contributed by atoms with Gasteiger partial charge in [0.25, 0.3) is 5.91 Å². The SMILES string of the molecule is CC(C)C=O.CNc1cc(C(C)NC(=O)c2ccc(OCC(F)(F)F)c(C)n2)ccn1. The number of carbonyl (C=O) groups is 2. The summed E-state index contributed by atoms with van der Waals surface area (Å²) in [4.78, 5) is 30.0. The van der Waals surface area contributed by atoms with Crippen LogP contribution in [0.1, 0.15) is 48.6 Å². The molecule has 170 valence electrons. The minimum atomic E-state index is -4.44. The van der Waals surface area contributed by atoms with Crippen molar-refractivity contribution in [2.75, 3.05) is 19.0 Å². The number of hydrogen-bond acceptors (Lipinski definition) is 6. The van der Waals surface area contributed by atoms with E-state index in [-0.39, 0.29) is 29.1 Å². The predicted octanol–water partition coefficient (Wildman–Crippen LogP) is 4.10. The second-order valence-corrected chi connectivity index (χ2v) is 6.98. The maximum absolute atomic E-state index is 12.3. The number of aryl methyl sites for hydroxylation is 1. The molecule has 2 heterocycles. The number of pyridine rings is 2. The molecule has 0 fully saturated rings. The van der Waals surface area contributed by atoms with Crippen LogP contribution in [-0.4, -0.2) is 42.0 Å². The molecule has 0 aliphatic carbocycles. The van der Waals surface area contributed by atoms with Crippen LogP contribution in [0.5, 0.6) is 5.75 Å². The lowest BCUT2D eigenvalue weighted by molar-refractivity contribution is -0.153. The summed E-state index contributed by atoms with van der Waals surface area (Å²) in [6, 6.07) is 5.91. The molecule has 1 amide bonds. The fourth-order valence-electron chi connectivity index (χ4n) is 2.19. The number of aldehydes is 1. The Hall–Kier alpha value is -3.17. The first-order valence-corrected chi connectivity index (χ1v) is 9.53. The van der Waals surface area contributed by atoms with Gasteiger partial charge in [-0.3, -0.25) is 4.79 Å².